The minimum Gasteiger partial charge on any atom is -0.338 e. The first-order valence-corrected chi connectivity index (χ1v) is 9.22. The number of nitro groups is 1. The normalized spacial score (nSPS) is 17.6. The molecular weight excluding hydrogens is 348 g/mol. The number of nitrogens with zero attached hydrogens (tertiary/aromatic N) is 5. The lowest BCUT2D eigenvalue weighted by Crippen LogP contribution is -2.39. The average Bonchev–Trinajstić information content (AvgIpc) is 3.11. The molecule has 1 fully saturated rings. The summed E-state index contributed by atoms with van der Waals surface area (Å²) in [5, 5.41) is 23.3. The van der Waals surface area contributed by atoms with E-state index < -0.39 is 4.92 Å². The summed E-state index contributed by atoms with van der Waals surface area (Å²) in [6.07, 6.45) is 1.58. The second-order valence-corrected chi connectivity index (χ2v) is 7.10. The largest absolute Gasteiger partial charge is 0.338 e. The molecule has 0 bridgehead atoms. The van der Waals surface area contributed by atoms with Gasteiger partial charge in [0, 0.05) is 37.7 Å². The molecule has 4 rings (SSSR count). The molecule has 2 aliphatic rings. The van der Waals surface area contributed by atoms with Crippen LogP contribution in [0, 0.1) is 17.0 Å². The molecule has 2 aliphatic heterocycles. The fourth-order valence-corrected chi connectivity index (χ4v) is 4.00. The molecule has 1 N–H and O–H groups in total. The summed E-state index contributed by atoms with van der Waals surface area (Å²) < 4.78 is 2.18. The summed E-state index contributed by atoms with van der Waals surface area (Å²) in [7, 11) is 0. The number of aromatic nitrogens is 3. The number of rotatable bonds is 3. The molecule has 0 aliphatic carbocycles. The maximum absolute atomic E-state index is 12.9. The summed E-state index contributed by atoms with van der Waals surface area (Å²) >= 11 is 0. The van der Waals surface area contributed by atoms with E-state index >= 15 is 0 Å². The number of nitro benzene ring substituents is 1. The van der Waals surface area contributed by atoms with Crippen molar-refractivity contribution in [1.29, 1.82) is 0 Å². The third-order valence-electron chi connectivity index (χ3n) is 5.45. The van der Waals surface area contributed by atoms with Crippen LogP contribution < -0.4 is 5.32 Å². The highest BCUT2D eigenvalue weighted by molar-refractivity contribution is 5.98. The maximum Gasteiger partial charge on any atom is 0.285 e. The van der Waals surface area contributed by atoms with Crippen LogP contribution in [-0.4, -0.2) is 50.1 Å². The number of nitrogens with one attached hydrogen (secondary N) is 1. The van der Waals surface area contributed by atoms with E-state index in [9.17, 15) is 14.9 Å². The van der Waals surface area contributed by atoms with E-state index in [1.54, 1.807) is 30.0 Å². The highest BCUT2D eigenvalue weighted by Crippen LogP contribution is 2.30. The Kier molecular flexibility index (Phi) is 4.61. The molecular formula is C18H22N6O3. The van der Waals surface area contributed by atoms with E-state index in [0.29, 0.717) is 18.7 Å². The van der Waals surface area contributed by atoms with Gasteiger partial charge in [0.2, 0.25) is 0 Å². The zero-order valence-electron chi connectivity index (χ0n) is 15.2. The molecule has 9 heteroatoms. The summed E-state index contributed by atoms with van der Waals surface area (Å²) in [4.78, 5) is 25.5. The lowest BCUT2D eigenvalue weighted by molar-refractivity contribution is -0.385. The number of piperidine rings is 1. The van der Waals surface area contributed by atoms with Gasteiger partial charge >= 0.3 is 0 Å². The van der Waals surface area contributed by atoms with Gasteiger partial charge in [0.15, 0.2) is 0 Å². The molecule has 9 nitrogen and oxygen atoms in total. The third kappa shape index (κ3) is 3.18. The predicted molar refractivity (Wildman–Crippen MR) is 97.4 cm³/mol. The molecule has 0 atom stereocenters. The van der Waals surface area contributed by atoms with Gasteiger partial charge in [0.05, 0.1) is 11.5 Å². The van der Waals surface area contributed by atoms with E-state index in [-0.39, 0.29) is 23.1 Å². The Morgan fingerprint density at radius 3 is 2.78 bits per heavy atom. The number of fused-ring (bicyclic) bond motifs is 1. The van der Waals surface area contributed by atoms with Gasteiger partial charge in [0.1, 0.15) is 17.2 Å². The Hall–Kier alpha value is -2.81. The SMILES string of the molecule is Cc1cccc(C(=O)N2CCC(c3nnc4n3CCNC4)CC2)c1[N+](=O)[O-]. The molecule has 0 spiro atoms. The van der Waals surface area contributed by atoms with Gasteiger partial charge in [-0.15, -0.1) is 10.2 Å². The van der Waals surface area contributed by atoms with Crippen LogP contribution in [-0.2, 0) is 13.1 Å². The molecule has 3 heterocycles. The van der Waals surface area contributed by atoms with E-state index in [0.717, 1.165) is 44.1 Å². The number of hydrogen-bond donors (Lipinski definition) is 1. The van der Waals surface area contributed by atoms with Crippen molar-refractivity contribution >= 4 is 11.6 Å². The lowest BCUT2D eigenvalue weighted by Gasteiger charge is -2.32. The van der Waals surface area contributed by atoms with Gasteiger partial charge in [-0.3, -0.25) is 14.9 Å². The van der Waals surface area contributed by atoms with Crippen LogP contribution in [0.3, 0.4) is 0 Å². The van der Waals surface area contributed by atoms with Crippen molar-refractivity contribution in [3.8, 4) is 0 Å². The Morgan fingerprint density at radius 2 is 2.04 bits per heavy atom. The number of benzene rings is 1. The van der Waals surface area contributed by atoms with Crippen molar-refractivity contribution in [3.63, 3.8) is 0 Å². The lowest BCUT2D eigenvalue weighted by atomic mass is 9.95. The number of hydrogen-bond acceptors (Lipinski definition) is 6. The van der Waals surface area contributed by atoms with Crippen LogP contribution in [0.25, 0.3) is 0 Å². The summed E-state index contributed by atoms with van der Waals surface area (Å²) in [6.45, 7) is 5.30. The molecule has 0 saturated carbocycles. The first kappa shape index (κ1) is 17.6. The van der Waals surface area contributed by atoms with E-state index in [1.807, 2.05) is 0 Å². The quantitative estimate of drug-likeness (QED) is 0.650. The number of para-hydroxylation sites is 1. The summed E-state index contributed by atoms with van der Waals surface area (Å²) in [5.74, 6) is 1.96. The third-order valence-corrected chi connectivity index (χ3v) is 5.45. The number of aryl methyl sites for hydroxylation is 1. The smallest absolute Gasteiger partial charge is 0.285 e. The topological polar surface area (TPSA) is 106 Å². The molecule has 27 heavy (non-hydrogen) atoms. The van der Waals surface area contributed by atoms with Crippen LogP contribution in [0.4, 0.5) is 5.69 Å². The zero-order valence-corrected chi connectivity index (χ0v) is 15.2. The Balaban J connectivity index is 1.49. The van der Waals surface area contributed by atoms with Gasteiger partial charge in [-0.1, -0.05) is 12.1 Å². The van der Waals surface area contributed by atoms with E-state index in [2.05, 4.69) is 20.1 Å². The fourth-order valence-electron chi connectivity index (χ4n) is 4.00. The monoisotopic (exact) mass is 370 g/mol. The molecule has 1 aromatic heterocycles. The first-order valence-electron chi connectivity index (χ1n) is 9.22. The maximum atomic E-state index is 12.9. The standard InChI is InChI=1S/C18H22N6O3/c1-12-3-2-4-14(16(12)24(26)27)18(25)22-8-5-13(6-9-22)17-21-20-15-11-19-7-10-23(15)17/h2-4,13,19H,5-11H2,1H3. The van der Waals surface area contributed by atoms with Crippen molar-refractivity contribution < 1.29 is 9.72 Å². The van der Waals surface area contributed by atoms with Gasteiger partial charge < -0.3 is 14.8 Å². The molecule has 0 unspecified atom stereocenters. The minimum absolute atomic E-state index is 0.0938. The van der Waals surface area contributed by atoms with Crippen molar-refractivity contribution in [1.82, 2.24) is 25.0 Å². The van der Waals surface area contributed by atoms with Crippen LogP contribution in [0.5, 0.6) is 0 Å². The van der Waals surface area contributed by atoms with Crippen molar-refractivity contribution in [2.45, 2.75) is 38.8 Å². The van der Waals surface area contributed by atoms with Gasteiger partial charge in [-0.2, -0.15) is 0 Å². The number of carbonyl (C=O) groups is 1. The van der Waals surface area contributed by atoms with Gasteiger partial charge in [-0.05, 0) is 25.8 Å². The molecule has 0 radical (unpaired) electrons. The van der Waals surface area contributed by atoms with Crippen LogP contribution in [0.2, 0.25) is 0 Å². The van der Waals surface area contributed by atoms with Crippen molar-refractivity contribution in [2.75, 3.05) is 19.6 Å². The predicted octanol–water partition coefficient (Wildman–Crippen LogP) is 1.62. The van der Waals surface area contributed by atoms with Crippen molar-refractivity contribution in [3.05, 3.63) is 51.1 Å². The minimum atomic E-state index is -0.466. The molecule has 142 valence electrons. The summed E-state index contributed by atoms with van der Waals surface area (Å²) in [5.41, 5.74) is 0.581. The number of likely N-dealkylation sites (tertiary alicyclic amines) is 1. The summed E-state index contributed by atoms with van der Waals surface area (Å²) in [6, 6.07) is 4.89. The Labute approximate surface area is 156 Å². The van der Waals surface area contributed by atoms with Crippen LogP contribution in [0.1, 0.15) is 46.3 Å². The first-order chi connectivity index (χ1) is 13.1. The Bertz CT molecular complexity index is 885. The van der Waals surface area contributed by atoms with Gasteiger partial charge in [-0.25, -0.2) is 0 Å². The molecule has 2 aromatic rings. The average molecular weight is 370 g/mol. The van der Waals surface area contributed by atoms with E-state index in [1.165, 1.54) is 0 Å². The Morgan fingerprint density at radius 1 is 1.26 bits per heavy atom. The fraction of sp³-hybridized carbons (Fsp3) is 0.500. The van der Waals surface area contributed by atoms with E-state index in [4.69, 9.17) is 0 Å². The second kappa shape index (κ2) is 7.07. The van der Waals surface area contributed by atoms with Crippen LogP contribution in [0.15, 0.2) is 18.2 Å². The highest BCUT2D eigenvalue weighted by atomic mass is 16.6. The van der Waals surface area contributed by atoms with Gasteiger partial charge in [0.25, 0.3) is 11.6 Å². The number of amides is 1. The number of carbonyl (C=O) groups excluding carboxylic acids is 1. The zero-order chi connectivity index (χ0) is 19.0. The van der Waals surface area contributed by atoms with Crippen LogP contribution >= 0.6 is 0 Å². The molecule has 1 aromatic carbocycles. The van der Waals surface area contributed by atoms with Crippen molar-refractivity contribution in [2.24, 2.45) is 0 Å². The molecule has 1 amide bonds. The molecule has 1 saturated heterocycles. The highest BCUT2D eigenvalue weighted by Gasteiger charge is 2.32. The second-order valence-electron chi connectivity index (χ2n) is 7.10.